The Kier molecular flexibility index (Phi) is 7.91. The van der Waals surface area contributed by atoms with Gasteiger partial charge < -0.3 is 14.3 Å². The molecule has 0 N–H and O–H groups in total. The van der Waals surface area contributed by atoms with Crippen molar-refractivity contribution < 1.29 is 14.3 Å². The molecule has 0 saturated heterocycles. The fourth-order valence-corrected chi connectivity index (χ4v) is 2.00. The Balaban J connectivity index is 2.93. The van der Waals surface area contributed by atoms with Crippen LogP contribution in [0.3, 0.4) is 0 Å². The molecule has 1 aromatic carbocycles. The average Bonchev–Trinajstić information content (AvgIpc) is 2.46. The number of halogens is 2. The number of aryl methyl sites for hydroxylation is 2. The fourth-order valence-electron chi connectivity index (χ4n) is 1.87. The van der Waals surface area contributed by atoms with Crippen molar-refractivity contribution in [1.82, 2.24) is 0 Å². The molecular formula is C18H25Cl2NO3. The van der Waals surface area contributed by atoms with Gasteiger partial charge in [0, 0.05) is 6.92 Å². The van der Waals surface area contributed by atoms with Gasteiger partial charge in [-0.3, -0.25) is 0 Å². The van der Waals surface area contributed by atoms with Gasteiger partial charge in [0.05, 0.1) is 0 Å². The second-order valence-corrected chi connectivity index (χ2v) is 7.31. The Morgan fingerprint density at radius 1 is 1.25 bits per heavy atom. The first kappa shape index (κ1) is 20.7. The highest BCUT2D eigenvalue weighted by Gasteiger charge is 2.13. The number of nitrogens with zero attached hydrogens (tertiary/aromatic N) is 1. The summed E-state index contributed by atoms with van der Waals surface area (Å²) in [6, 6.07) is 3.85. The van der Waals surface area contributed by atoms with E-state index in [1.165, 1.54) is 0 Å². The quantitative estimate of drug-likeness (QED) is 0.360. The molecular weight excluding hydrogens is 349 g/mol. The molecule has 0 fully saturated rings. The molecule has 0 radical (unpaired) electrons. The molecule has 134 valence electrons. The van der Waals surface area contributed by atoms with E-state index in [0.717, 1.165) is 29.0 Å². The largest absolute Gasteiger partial charge is 0.489 e. The van der Waals surface area contributed by atoms with E-state index >= 15 is 0 Å². The van der Waals surface area contributed by atoms with Crippen molar-refractivity contribution in [3.63, 3.8) is 0 Å². The maximum absolute atomic E-state index is 5.88. The molecule has 0 heterocycles. The molecule has 0 aliphatic heterocycles. The smallest absolute Gasteiger partial charge is 0.228 e. The fraction of sp³-hybridized carbons (Fsp3) is 0.500. The molecule has 0 bridgehead atoms. The zero-order valence-electron chi connectivity index (χ0n) is 15.1. The van der Waals surface area contributed by atoms with Crippen LogP contribution in [0.1, 0.15) is 45.7 Å². The molecule has 0 aromatic heterocycles. The van der Waals surface area contributed by atoms with Crippen LogP contribution in [-0.2, 0) is 11.3 Å². The number of oxime groups is 1. The van der Waals surface area contributed by atoms with Crippen LogP contribution in [0.4, 0.5) is 0 Å². The molecule has 0 atom stereocenters. The molecule has 6 heteroatoms. The third-order valence-electron chi connectivity index (χ3n) is 2.89. The SMILES string of the molecule is CCc1cc(OCC=C(Cl)Cl)cc(C)c1OC(C)=NOC(C)(C)C. The van der Waals surface area contributed by atoms with Crippen LogP contribution in [0.25, 0.3) is 0 Å². The van der Waals surface area contributed by atoms with E-state index in [9.17, 15) is 0 Å². The van der Waals surface area contributed by atoms with Crippen molar-refractivity contribution in [3.8, 4) is 11.5 Å². The average molecular weight is 374 g/mol. The number of ether oxygens (including phenoxy) is 2. The summed E-state index contributed by atoms with van der Waals surface area (Å²) in [4.78, 5) is 5.38. The number of hydrogen-bond acceptors (Lipinski definition) is 4. The van der Waals surface area contributed by atoms with E-state index in [1.54, 1.807) is 13.0 Å². The maximum Gasteiger partial charge on any atom is 0.228 e. The summed E-state index contributed by atoms with van der Waals surface area (Å²) in [6.07, 6.45) is 2.39. The Hall–Kier alpha value is -1.39. The van der Waals surface area contributed by atoms with Crippen molar-refractivity contribution in [3.05, 3.63) is 33.8 Å². The van der Waals surface area contributed by atoms with Gasteiger partial charge in [-0.05, 0) is 63.5 Å². The topological polar surface area (TPSA) is 40.0 Å². The summed E-state index contributed by atoms with van der Waals surface area (Å²) >= 11 is 11.2. The van der Waals surface area contributed by atoms with Gasteiger partial charge in [-0.15, -0.1) is 0 Å². The van der Waals surface area contributed by atoms with Gasteiger partial charge in [-0.1, -0.05) is 35.3 Å². The molecule has 0 aliphatic carbocycles. The lowest BCUT2D eigenvalue weighted by Gasteiger charge is -2.18. The predicted molar refractivity (Wildman–Crippen MR) is 100 cm³/mol. The second-order valence-electron chi connectivity index (χ2n) is 6.30. The lowest BCUT2D eigenvalue weighted by Crippen LogP contribution is -2.18. The summed E-state index contributed by atoms with van der Waals surface area (Å²) in [5.41, 5.74) is 1.62. The Morgan fingerprint density at radius 2 is 1.92 bits per heavy atom. The van der Waals surface area contributed by atoms with Crippen molar-refractivity contribution in [1.29, 1.82) is 0 Å². The molecule has 0 spiro atoms. The highest BCUT2D eigenvalue weighted by Crippen LogP contribution is 2.30. The zero-order valence-corrected chi connectivity index (χ0v) is 16.6. The zero-order chi connectivity index (χ0) is 18.3. The third kappa shape index (κ3) is 7.45. The number of rotatable bonds is 6. The van der Waals surface area contributed by atoms with Gasteiger partial charge in [0.15, 0.2) is 0 Å². The Bertz CT molecular complexity index is 615. The van der Waals surface area contributed by atoms with Crippen molar-refractivity contribution in [2.75, 3.05) is 6.61 Å². The Labute approximate surface area is 154 Å². The van der Waals surface area contributed by atoms with E-state index in [2.05, 4.69) is 12.1 Å². The minimum absolute atomic E-state index is 0.188. The molecule has 0 unspecified atom stereocenters. The van der Waals surface area contributed by atoms with Crippen LogP contribution in [-0.4, -0.2) is 18.1 Å². The summed E-state index contributed by atoms with van der Waals surface area (Å²) in [5, 5.41) is 4.02. The molecule has 24 heavy (non-hydrogen) atoms. The molecule has 1 rings (SSSR count). The number of hydrogen-bond donors (Lipinski definition) is 0. The van der Waals surface area contributed by atoms with Gasteiger partial charge in [0.25, 0.3) is 0 Å². The van der Waals surface area contributed by atoms with Crippen LogP contribution in [0.5, 0.6) is 11.5 Å². The van der Waals surface area contributed by atoms with E-state index in [0.29, 0.717) is 12.5 Å². The van der Waals surface area contributed by atoms with Gasteiger partial charge in [0.2, 0.25) is 5.90 Å². The van der Waals surface area contributed by atoms with E-state index in [4.69, 9.17) is 37.5 Å². The first-order valence-corrected chi connectivity index (χ1v) is 8.56. The maximum atomic E-state index is 5.88. The molecule has 1 aromatic rings. The van der Waals surface area contributed by atoms with Gasteiger partial charge in [-0.2, -0.15) is 0 Å². The van der Waals surface area contributed by atoms with Gasteiger partial charge in [0.1, 0.15) is 28.2 Å². The standard InChI is InChI=1S/C18H25Cl2NO3/c1-7-14-11-15(22-9-8-16(19)20)10-12(2)17(14)23-13(3)21-24-18(4,5)6/h8,10-11H,7,9H2,1-6H3. The van der Waals surface area contributed by atoms with Crippen LogP contribution in [0.15, 0.2) is 27.9 Å². The molecule has 0 aliphatic rings. The first-order valence-electron chi connectivity index (χ1n) is 7.80. The predicted octanol–water partition coefficient (Wildman–Crippen LogP) is 5.78. The lowest BCUT2D eigenvalue weighted by molar-refractivity contribution is -0.00186. The number of benzene rings is 1. The molecule has 0 saturated carbocycles. The first-order chi connectivity index (χ1) is 11.1. The highest BCUT2D eigenvalue weighted by atomic mass is 35.5. The minimum atomic E-state index is -0.359. The molecule has 4 nitrogen and oxygen atoms in total. The van der Waals surface area contributed by atoms with E-state index < -0.39 is 0 Å². The normalized spacial score (nSPS) is 11.9. The van der Waals surface area contributed by atoms with Crippen molar-refractivity contribution in [2.45, 2.75) is 53.6 Å². The van der Waals surface area contributed by atoms with Gasteiger partial charge >= 0.3 is 0 Å². The van der Waals surface area contributed by atoms with Crippen molar-refractivity contribution >= 4 is 29.1 Å². The van der Waals surface area contributed by atoms with E-state index in [-0.39, 0.29) is 10.1 Å². The third-order valence-corrected chi connectivity index (χ3v) is 3.20. The van der Waals surface area contributed by atoms with Crippen LogP contribution < -0.4 is 9.47 Å². The minimum Gasteiger partial charge on any atom is -0.489 e. The van der Waals surface area contributed by atoms with Crippen LogP contribution in [0.2, 0.25) is 0 Å². The summed E-state index contributed by atoms with van der Waals surface area (Å²) in [5.74, 6) is 1.96. The summed E-state index contributed by atoms with van der Waals surface area (Å²) in [6.45, 7) is 11.9. The second kappa shape index (κ2) is 9.19. The van der Waals surface area contributed by atoms with Crippen LogP contribution in [0, 0.1) is 6.92 Å². The lowest BCUT2D eigenvalue weighted by atomic mass is 10.1. The Morgan fingerprint density at radius 3 is 2.46 bits per heavy atom. The van der Waals surface area contributed by atoms with E-state index in [1.807, 2.05) is 39.8 Å². The monoisotopic (exact) mass is 373 g/mol. The molecule has 0 amide bonds. The summed E-state index contributed by atoms with van der Waals surface area (Å²) in [7, 11) is 0. The van der Waals surface area contributed by atoms with Crippen molar-refractivity contribution in [2.24, 2.45) is 5.16 Å². The highest BCUT2D eigenvalue weighted by molar-refractivity contribution is 6.55. The van der Waals surface area contributed by atoms with Crippen LogP contribution >= 0.6 is 23.2 Å². The van der Waals surface area contributed by atoms with Gasteiger partial charge in [-0.25, -0.2) is 0 Å². The summed E-state index contributed by atoms with van der Waals surface area (Å²) < 4.78 is 11.7.